The van der Waals surface area contributed by atoms with Crippen molar-refractivity contribution in [2.75, 3.05) is 0 Å². The number of carbonyl (C=O) groups is 1. The lowest BCUT2D eigenvalue weighted by Crippen LogP contribution is -2.03. The monoisotopic (exact) mass is 281 g/mol. The van der Waals surface area contributed by atoms with E-state index in [0.717, 1.165) is 24.3 Å². The number of benzene rings is 1. The Morgan fingerprint density at radius 1 is 1.24 bits per heavy atom. The van der Waals surface area contributed by atoms with Gasteiger partial charge in [0.25, 0.3) is 0 Å². The SMILES string of the molecule is Cc1nc2c(C(=O)O)cccc2n1CCc1ccncc1. The van der Waals surface area contributed by atoms with Gasteiger partial charge in [0.05, 0.1) is 11.1 Å². The number of carboxylic acids is 1. The van der Waals surface area contributed by atoms with E-state index in [2.05, 4.69) is 14.5 Å². The molecule has 0 unspecified atom stereocenters. The summed E-state index contributed by atoms with van der Waals surface area (Å²) in [4.78, 5) is 19.7. The smallest absolute Gasteiger partial charge is 0.337 e. The first-order chi connectivity index (χ1) is 10.2. The molecule has 0 spiro atoms. The number of pyridine rings is 1. The van der Waals surface area contributed by atoms with Crippen LogP contribution in [0.5, 0.6) is 0 Å². The third kappa shape index (κ3) is 2.50. The highest BCUT2D eigenvalue weighted by molar-refractivity contribution is 6.01. The highest BCUT2D eigenvalue weighted by atomic mass is 16.4. The molecule has 2 aromatic heterocycles. The summed E-state index contributed by atoms with van der Waals surface area (Å²) in [5.41, 5.74) is 2.86. The van der Waals surface area contributed by atoms with Crippen molar-refractivity contribution in [1.82, 2.24) is 14.5 Å². The van der Waals surface area contributed by atoms with Crippen LogP contribution < -0.4 is 0 Å². The van der Waals surface area contributed by atoms with E-state index in [1.807, 2.05) is 25.1 Å². The Hall–Kier alpha value is -2.69. The van der Waals surface area contributed by atoms with Gasteiger partial charge in [-0.3, -0.25) is 4.98 Å². The number of hydrogen-bond donors (Lipinski definition) is 1. The van der Waals surface area contributed by atoms with E-state index in [1.54, 1.807) is 24.5 Å². The summed E-state index contributed by atoms with van der Waals surface area (Å²) in [5.74, 6) is -0.118. The second-order valence-corrected chi connectivity index (χ2v) is 4.89. The summed E-state index contributed by atoms with van der Waals surface area (Å²) in [5, 5.41) is 9.23. The molecule has 3 rings (SSSR count). The highest BCUT2D eigenvalue weighted by Crippen LogP contribution is 2.20. The lowest BCUT2D eigenvalue weighted by atomic mass is 10.1. The first-order valence-corrected chi connectivity index (χ1v) is 6.75. The van der Waals surface area contributed by atoms with Crippen LogP contribution in [0.25, 0.3) is 11.0 Å². The number of rotatable bonds is 4. The molecule has 0 fully saturated rings. The van der Waals surface area contributed by atoms with E-state index in [0.29, 0.717) is 5.52 Å². The van der Waals surface area contributed by atoms with Crippen LogP contribution in [0.2, 0.25) is 0 Å². The number of imidazole rings is 1. The average molecular weight is 281 g/mol. The predicted octanol–water partition coefficient (Wildman–Crippen LogP) is 2.68. The van der Waals surface area contributed by atoms with Gasteiger partial charge in [0.2, 0.25) is 0 Å². The number of para-hydroxylation sites is 1. The van der Waals surface area contributed by atoms with Crippen LogP contribution in [0, 0.1) is 6.92 Å². The Labute approximate surface area is 121 Å². The molecule has 3 aromatic rings. The van der Waals surface area contributed by atoms with Crippen molar-refractivity contribution in [2.45, 2.75) is 19.9 Å². The van der Waals surface area contributed by atoms with Crippen LogP contribution in [0.15, 0.2) is 42.7 Å². The first-order valence-electron chi connectivity index (χ1n) is 6.75. The summed E-state index contributed by atoms with van der Waals surface area (Å²) in [6.07, 6.45) is 4.40. The molecule has 1 N–H and O–H groups in total. The third-order valence-electron chi connectivity index (χ3n) is 3.57. The molecule has 0 atom stereocenters. The molecular formula is C16H15N3O2. The lowest BCUT2D eigenvalue weighted by Gasteiger charge is -2.07. The summed E-state index contributed by atoms with van der Waals surface area (Å²) in [6, 6.07) is 9.22. The Kier molecular flexibility index (Phi) is 3.39. The molecule has 2 heterocycles. The number of nitrogens with zero attached hydrogens (tertiary/aromatic N) is 3. The third-order valence-corrected chi connectivity index (χ3v) is 3.57. The lowest BCUT2D eigenvalue weighted by molar-refractivity contribution is 0.0699. The zero-order chi connectivity index (χ0) is 14.8. The van der Waals surface area contributed by atoms with Crippen LogP contribution in [0.1, 0.15) is 21.7 Å². The minimum absolute atomic E-state index is 0.248. The number of hydrogen-bond acceptors (Lipinski definition) is 3. The fraction of sp³-hybridized carbons (Fsp3) is 0.188. The largest absolute Gasteiger partial charge is 0.478 e. The van der Waals surface area contributed by atoms with Crippen LogP contribution >= 0.6 is 0 Å². The minimum atomic E-state index is -0.945. The van der Waals surface area contributed by atoms with Crippen molar-refractivity contribution in [3.63, 3.8) is 0 Å². The molecule has 0 saturated carbocycles. The zero-order valence-electron chi connectivity index (χ0n) is 11.7. The average Bonchev–Trinajstić information content (AvgIpc) is 2.81. The summed E-state index contributed by atoms with van der Waals surface area (Å²) >= 11 is 0. The van der Waals surface area contributed by atoms with Gasteiger partial charge >= 0.3 is 5.97 Å². The molecule has 0 radical (unpaired) electrons. The van der Waals surface area contributed by atoms with Gasteiger partial charge in [-0.05, 0) is 43.2 Å². The Bertz CT molecular complexity index is 794. The zero-order valence-corrected chi connectivity index (χ0v) is 11.7. The normalized spacial score (nSPS) is 10.9. The maximum absolute atomic E-state index is 11.3. The van der Waals surface area contributed by atoms with E-state index >= 15 is 0 Å². The standard InChI is InChI=1S/C16H15N3O2/c1-11-18-15-13(16(20)21)3-2-4-14(15)19(11)10-7-12-5-8-17-9-6-12/h2-6,8-9H,7,10H2,1H3,(H,20,21). The molecule has 0 amide bonds. The van der Waals surface area contributed by atoms with Crippen molar-refractivity contribution in [3.8, 4) is 0 Å². The molecule has 0 aliphatic heterocycles. The van der Waals surface area contributed by atoms with Gasteiger partial charge in [0.15, 0.2) is 0 Å². The fourth-order valence-electron chi connectivity index (χ4n) is 2.51. The molecule has 1 aromatic carbocycles. The molecule has 0 saturated heterocycles. The number of aromatic carboxylic acids is 1. The van der Waals surface area contributed by atoms with E-state index in [1.165, 1.54) is 5.56 Å². The molecule has 0 bridgehead atoms. The van der Waals surface area contributed by atoms with Gasteiger partial charge in [-0.25, -0.2) is 9.78 Å². The van der Waals surface area contributed by atoms with Crippen LogP contribution in [-0.2, 0) is 13.0 Å². The molecule has 0 aliphatic rings. The van der Waals surface area contributed by atoms with Crippen molar-refractivity contribution in [2.24, 2.45) is 0 Å². The quantitative estimate of drug-likeness (QED) is 0.798. The molecule has 0 aliphatic carbocycles. The number of aromatic nitrogens is 3. The van der Waals surface area contributed by atoms with E-state index in [9.17, 15) is 9.90 Å². The van der Waals surface area contributed by atoms with Gasteiger partial charge < -0.3 is 9.67 Å². The molecule has 106 valence electrons. The number of aryl methyl sites for hydroxylation is 3. The van der Waals surface area contributed by atoms with Gasteiger partial charge in [0.1, 0.15) is 11.3 Å². The van der Waals surface area contributed by atoms with Crippen molar-refractivity contribution in [3.05, 3.63) is 59.7 Å². The topological polar surface area (TPSA) is 68.0 Å². The number of carboxylic acid groups (broad SMARTS) is 1. The Morgan fingerprint density at radius 3 is 2.71 bits per heavy atom. The van der Waals surface area contributed by atoms with Crippen LogP contribution in [0.3, 0.4) is 0 Å². The maximum atomic E-state index is 11.3. The van der Waals surface area contributed by atoms with Gasteiger partial charge in [0, 0.05) is 18.9 Å². The highest BCUT2D eigenvalue weighted by Gasteiger charge is 2.14. The van der Waals surface area contributed by atoms with Crippen molar-refractivity contribution < 1.29 is 9.90 Å². The molecule has 21 heavy (non-hydrogen) atoms. The fourth-order valence-corrected chi connectivity index (χ4v) is 2.51. The summed E-state index contributed by atoms with van der Waals surface area (Å²) in [6.45, 7) is 2.66. The van der Waals surface area contributed by atoms with Crippen LogP contribution in [-0.4, -0.2) is 25.6 Å². The maximum Gasteiger partial charge on any atom is 0.337 e. The van der Waals surface area contributed by atoms with Crippen molar-refractivity contribution >= 4 is 17.0 Å². The Balaban J connectivity index is 1.97. The van der Waals surface area contributed by atoms with Crippen LogP contribution in [0.4, 0.5) is 0 Å². The number of fused-ring (bicyclic) bond motifs is 1. The van der Waals surface area contributed by atoms with Crippen molar-refractivity contribution in [1.29, 1.82) is 0 Å². The Morgan fingerprint density at radius 2 is 2.00 bits per heavy atom. The molecule has 5 nitrogen and oxygen atoms in total. The summed E-state index contributed by atoms with van der Waals surface area (Å²) < 4.78 is 2.06. The second-order valence-electron chi connectivity index (χ2n) is 4.89. The van der Waals surface area contributed by atoms with Gasteiger partial charge in [-0.1, -0.05) is 6.07 Å². The van der Waals surface area contributed by atoms with E-state index < -0.39 is 5.97 Å². The van der Waals surface area contributed by atoms with E-state index in [-0.39, 0.29) is 5.56 Å². The first kappa shape index (κ1) is 13.3. The predicted molar refractivity (Wildman–Crippen MR) is 79.4 cm³/mol. The van der Waals surface area contributed by atoms with Gasteiger partial charge in [-0.15, -0.1) is 0 Å². The molecule has 5 heteroatoms. The minimum Gasteiger partial charge on any atom is -0.478 e. The van der Waals surface area contributed by atoms with E-state index in [4.69, 9.17) is 0 Å². The van der Waals surface area contributed by atoms with Gasteiger partial charge in [-0.2, -0.15) is 0 Å². The molecular weight excluding hydrogens is 266 g/mol. The summed E-state index contributed by atoms with van der Waals surface area (Å²) in [7, 11) is 0. The second kappa shape index (κ2) is 5.36.